The van der Waals surface area contributed by atoms with E-state index in [1.165, 1.54) is 180 Å². The van der Waals surface area contributed by atoms with Crippen LogP contribution in [0.5, 0.6) is 0 Å². The minimum absolute atomic E-state index is 0.0261. The van der Waals surface area contributed by atoms with E-state index in [0.717, 1.165) is 44.9 Å². The Hall–Kier alpha value is -1.54. The normalized spacial score (nSPS) is 20.1. The second-order valence-electron chi connectivity index (χ2n) is 19.5. The van der Waals surface area contributed by atoms with Gasteiger partial charge in [-0.3, -0.25) is 4.79 Å². The van der Waals surface area contributed by atoms with E-state index in [9.17, 15) is 35.1 Å². The summed E-state index contributed by atoms with van der Waals surface area (Å²) in [5, 5.41) is 59.3. The fourth-order valence-corrected chi connectivity index (χ4v) is 9.04. The maximum absolute atomic E-state index is 13.2. The van der Waals surface area contributed by atoms with Crippen molar-refractivity contribution in [3.63, 3.8) is 0 Å². The predicted molar refractivity (Wildman–Crippen MR) is 264 cm³/mol. The minimum atomic E-state index is -1.62. The number of hydrogen-bond donors (Lipinski definition) is 7. The number of alkyl carbamates (subject to hydrolysis) is 1. The average Bonchev–Trinajstić information content (AvgIpc) is 3.30. The van der Waals surface area contributed by atoms with Gasteiger partial charge in [-0.15, -0.1) is 0 Å². The highest BCUT2D eigenvalue weighted by Gasteiger charge is 2.44. The zero-order valence-corrected chi connectivity index (χ0v) is 42.2. The van der Waals surface area contributed by atoms with Gasteiger partial charge in [-0.1, -0.05) is 232 Å². The smallest absolute Gasteiger partial charge is 0.406 e. The first-order valence-corrected chi connectivity index (χ1v) is 27.5. The second kappa shape index (κ2) is 43.7. The largest absolute Gasteiger partial charge is 0.449 e. The lowest BCUT2D eigenvalue weighted by Crippen LogP contribution is -2.59. The molecule has 1 aliphatic rings. The zero-order chi connectivity index (χ0) is 47.6. The van der Waals surface area contributed by atoms with Gasteiger partial charge in [0.1, 0.15) is 24.4 Å². The molecule has 1 saturated heterocycles. The van der Waals surface area contributed by atoms with Gasteiger partial charge in [0, 0.05) is 19.9 Å². The molecular weight excluding hydrogens is 825 g/mol. The summed E-state index contributed by atoms with van der Waals surface area (Å²) in [5.74, 6) is -0.261. The highest BCUT2D eigenvalue weighted by atomic mass is 16.7. The van der Waals surface area contributed by atoms with Crippen LogP contribution in [-0.2, 0) is 19.0 Å². The molecule has 1 aliphatic heterocycles. The van der Waals surface area contributed by atoms with Crippen molar-refractivity contribution in [3.8, 4) is 0 Å². The molecule has 7 N–H and O–H groups in total. The third kappa shape index (κ3) is 33.6. The van der Waals surface area contributed by atoms with Gasteiger partial charge in [0.2, 0.25) is 5.91 Å². The quantitative estimate of drug-likeness (QED) is 0.0290. The summed E-state index contributed by atoms with van der Waals surface area (Å²) in [7, 11) is 1.42. The van der Waals surface area contributed by atoms with Crippen LogP contribution in [0.25, 0.3) is 0 Å². The average molecular weight is 929 g/mol. The molecule has 0 aromatic carbocycles. The van der Waals surface area contributed by atoms with Crippen LogP contribution in [0.1, 0.15) is 258 Å². The summed E-state index contributed by atoms with van der Waals surface area (Å²) in [5.41, 5.74) is 0. The van der Waals surface area contributed by atoms with Crippen LogP contribution in [-0.4, -0.2) is 107 Å². The van der Waals surface area contributed by atoms with E-state index in [2.05, 4.69) is 24.5 Å². The summed E-state index contributed by atoms with van der Waals surface area (Å²) in [6.07, 6.45) is 34.7. The maximum Gasteiger partial charge on any atom is 0.406 e. The number of hydrogen-bond acceptors (Lipinski definition) is 10. The van der Waals surface area contributed by atoms with Crippen LogP contribution >= 0.6 is 0 Å². The van der Waals surface area contributed by atoms with Crippen LogP contribution < -0.4 is 10.6 Å². The van der Waals surface area contributed by atoms with Crippen molar-refractivity contribution >= 4 is 12.0 Å². The zero-order valence-electron chi connectivity index (χ0n) is 42.2. The van der Waals surface area contributed by atoms with Crippen molar-refractivity contribution < 1.29 is 49.3 Å². The molecule has 12 nitrogen and oxygen atoms in total. The predicted octanol–water partition coefficient (Wildman–Crippen LogP) is 11.2. The van der Waals surface area contributed by atoms with Crippen molar-refractivity contribution in [1.82, 2.24) is 10.6 Å². The highest BCUT2D eigenvalue weighted by Crippen LogP contribution is 2.25. The molecule has 1 heterocycles. The van der Waals surface area contributed by atoms with E-state index in [0.29, 0.717) is 12.8 Å². The Labute approximate surface area is 397 Å². The SMILES string of the molecule is CCCCCCCCCCCCCCCCCCCCCCCCCC(=O)N[C@@H](CO[C@H]1O[C@H](CCOC(=O)NC)[C@H](O)[C@H](O)[C@H]1O)[C@H](O)[C@H](O)CCCCCCCCCCCCCC. The number of nitrogens with one attached hydrogen (secondary N) is 2. The van der Waals surface area contributed by atoms with E-state index in [1.54, 1.807) is 0 Å². The molecule has 386 valence electrons. The molecule has 0 spiro atoms. The monoisotopic (exact) mass is 929 g/mol. The molecule has 1 rings (SSSR count). The third-order valence-corrected chi connectivity index (χ3v) is 13.5. The van der Waals surface area contributed by atoms with Crippen molar-refractivity contribution in [2.75, 3.05) is 20.3 Å². The Morgan fingerprint density at radius 3 is 1.32 bits per heavy atom. The number of unbranched alkanes of at least 4 members (excludes halogenated alkanes) is 33. The summed E-state index contributed by atoms with van der Waals surface area (Å²) in [6.45, 7) is 4.10. The number of aliphatic hydroxyl groups is 5. The summed E-state index contributed by atoms with van der Waals surface area (Å²) in [4.78, 5) is 24.7. The molecule has 0 aromatic heterocycles. The molecule has 65 heavy (non-hydrogen) atoms. The first-order valence-electron chi connectivity index (χ1n) is 27.5. The second-order valence-corrected chi connectivity index (χ2v) is 19.5. The van der Waals surface area contributed by atoms with Gasteiger partial charge in [0.15, 0.2) is 6.29 Å². The van der Waals surface area contributed by atoms with Gasteiger partial charge in [-0.05, 0) is 12.8 Å². The van der Waals surface area contributed by atoms with Gasteiger partial charge >= 0.3 is 6.09 Å². The van der Waals surface area contributed by atoms with E-state index < -0.39 is 55.0 Å². The number of carbonyl (C=O) groups excluding carboxylic acids is 2. The van der Waals surface area contributed by atoms with Crippen molar-refractivity contribution in [2.24, 2.45) is 0 Å². The molecule has 0 aliphatic carbocycles. The highest BCUT2D eigenvalue weighted by molar-refractivity contribution is 5.76. The van der Waals surface area contributed by atoms with Crippen LogP contribution in [0.15, 0.2) is 0 Å². The van der Waals surface area contributed by atoms with Crippen LogP contribution in [0.3, 0.4) is 0 Å². The molecule has 0 radical (unpaired) electrons. The topological polar surface area (TPSA) is 187 Å². The van der Waals surface area contributed by atoms with E-state index in [-0.39, 0.29) is 32.0 Å². The molecule has 0 aromatic rings. The Balaban J connectivity index is 2.40. The Kier molecular flexibility index (Phi) is 41.4. The Bertz CT molecular complexity index is 1070. The van der Waals surface area contributed by atoms with Crippen molar-refractivity contribution in [2.45, 2.75) is 307 Å². The molecule has 0 unspecified atom stereocenters. The lowest BCUT2D eigenvalue weighted by atomic mass is 9.97. The fourth-order valence-electron chi connectivity index (χ4n) is 9.04. The van der Waals surface area contributed by atoms with Gasteiger partial charge in [-0.2, -0.15) is 0 Å². The minimum Gasteiger partial charge on any atom is -0.449 e. The van der Waals surface area contributed by atoms with Crippen LogP contribution in [0, 0.1) is 0 Å². The van der Waals surface area contributed by atoms with Crippen molar-refractivity contribution in [1.29, 1.82) is 0 Å². The number of ether oxygens (including phenoxy) is 3. The number of aliphatic hydroxyl groups excluding tert-OH is 5. The molecule has 0 saturated carbocycles. The van der Waals surface area contributed by atoms with Gasteiger partial charge in [0.25, 0.3) is 0 Å². The van der Waals surface area contributed by atoms with Gasteiger partial charge in [-0.25, -0.2) is 4.79 Å². The molecular formula is C53H104N2O10. The number of rotatable bonds is 46. The first-order chi connectivity index (χ1) is 31.7. The van der Waals surface area contributed by atoms with Gasteiger partial charge in [0.05, 0.1) is 31.5 Å². The van der Waals surface area contributed by atoms with Crippen LogP contribution in [0.2, 0.25) is 0 Å². The first kappa shape index (κ1) is 61.5. The van der Waals surface area contributed by atoms with E-state index in [1.807, 2.05) is 0 Å². The Morgan fingerprint density at radius 1 is 0.538 bits per heavy atom. The molecule has 1 fully saturated rings. The summed E-state index contributed by atoms with van der Waals surface area (Å²) >= 11 is 0. The molecule has 12 heteroatoms. The molecule has 0 bridgehead atoms. The lowest BCUT2D eigenvalue weighted by Gasteiger charge is -2.41. The fraction of sp³-hybridized carbons (Fsp3) is 0.962. The van der Waals surface area contributed by atoms with E-state index >= 15 is 0 Å². The number of carbonyl (C=O) groups is 2. The van der Waals surface area contributed by atoms with Crippen LogP contribution in [0.4, 0.5) is 4.79 Å². The van der Waals surface area contributed by atoms with Crippen molar-refractivity contribution in [3.05, 3.63) is 0 Å². The van der Waals surface area contributed by atoms with Gasteiger partial charge < -0.3 is 50.4 Å². The number of amides is 2. The van der Waals surface area contributed by atoms with E-state index in [4.69, 9.17) is 14.2 Å². The lowest BCUT2D eigenvalue weighted by molar-refractivity contribution is -0.300. The summed E-state index contributed by atoms with van der Waals surface area (Å²) in [6, 6.07) is -1.01. The molecule has 8 atom stereocenters. The Morgan fingerprint density at radius 2 is 0.923 bits per heavy atom. The third-order valence-electron chi connectivity index (χ3n) is 13.5. The summed E-state index contributed by atoms with van der Waals surface area (Å²) < 4.78 is 16.6. The molecule has 2 amide bonds. The maximum atomic E-state index is 13.2. The standard InChI is InChI=1S/C53H104N2O10/c1-4-6-8-10-12-14-16-18-19-20-21-22-23-24-25-26-27-28-30-32-34-36-38-40-47(57)55-44(48(58)45(56)39-37-35-33-31-29-17-15-13-11-9-7-5-2)43-64-52-51(61)50(60)49(59)46(65-52)41-42-63-53(62)54-3/h44-46,48-52,56,58-61H,4-43H2,1-3H3,(H,54,62)(H,55,57)/t44-,45+,46+,48-,49-,50-,51+,52-/m0/s1.